The highest BCUT2D eigenvalue weighted by atomic mass is 79.9. The smallest absolute Gasteiger partial charge is 0.262 e. The Balaban J connectivity index is 1.96. The number of aromatic nitrogens is 3. The third-order valence-corrected chi connectivity index (χ3v) is 5.03. The summed E-state index contributed by atoms with van der Waals surface area (Å²) < 4.78 is 2.50. The van der Waals surface area contributed by atoms with Crippen LogP contribution in [-0.4, -0.2) is 26.1 Å². The molecular formula is C17H16BrN3O2S. The van der Waals surface area contributed by atoms with Gasteiger partial charge in [-0.05, 0) is 36.8 Å². The molecule has 0 saturated carbocycles. The molecule has 24 heavy (non-hydrogen) atoms. The van der Waals surface area contributed by atoms with Crippen molar-refractivity contribution in [3.8, 4) is 0 Å². The number of rotatable bonds is 6. The molecule has 0 saturated heterocycles. The number of halogens is 1. The number of carbonyl (C=O) groups is 1. The maximum Gasteiger partial charge on any atom is 0.262 e. The van der Waals surface area contributed by atoms with Crippen molar-refractivity contribution in [2.24, 2.45) is 0 Å². The number of hydrogen-bond acceptors (Lipinski definition) is 4. The van der Waals surface area contributed by atoms with E-state index in [-0.39, 0.29) is 17.1 Å². The molecule has 2 heterocycles. The molecule has 1 aromatic carbocycles. The number of nitrogens with one attached hydrogen (secondary N) is 1. The molecule has 0 aliphatic heterocycles. The van der Waals surface area contributed by atoms with Gasteiger partial charge in [0.2, 0.25) is 0 Å². The number of aromatic amines is 1. The van der Waals surface area contributed by atoms with Crippen molar-refractivity contribution in [2.45, 2.75) is 25.0 Å². The highest BCUT2D eigenvalue weighted by molar-refractivity contribution is 9.10. The van der Waals surface area contributed by atoms with Crippen molar-refractivity contribution in [1.29, 1.82) is 0 Å². The van der Waals surface area contributed by atoms with E-state index in [1.807, 2.05) is 19.1 Å². The van der Waals surface area contributed by atoms with Crippen molar-refractivity contribution in [2.75, 3.05) is 5.75 Å². The quantitative estimate of drug-likeness (QED) is 0.383. The van der Waals surface area contributed by atoms with Crippen molar-refractivity contribution in [3.63, 3.8) is 0 Å². The zero-order chi connectivity index (χ0) is 17.1. The third-order valence-electron chi connectivity index (χ3n) is 3.56. The summed E-state index contributed by atoms with van der Waals surface area (Å²) in [6.45, 7) is 2.59. The molecule has 0 aliphatic carbocycles. The lowest BCUT2D eigenvalue weighted by molar-refractivity contribution is 0.101. The van der Waals surface area contributed by atoms with Crippen LogP contribution in [0.3, 0.4) is 0 Å². The molecule has 5 nitrogen and oxygen atoms in total. The van der Waals surface area contributed by atoms with Gasteiger partial charge >= 0.3 is 0 Å². The molecule has 0 amide bonds. The van der Waals surface area contributed by atoms with Gasteiger partial charge in [0.25, 0.3) is 5.56 Å². The Morgan fingerprint density at radius 1 is 1.38 bits per heavy atom. The first-order chi connectivity index (χ1) is 11.6. The van der Waals surface area contributed by atoms with Crippen LogP contribution < -0.4 is 5.56 Å². The number of fused-ring (bicyclic) bond motifs is 1. The summed E-state index contributed by atoms with van der Waals surface area (Å²) in [7, 11) is 0. The van der Waals surface area contributed by atoms with Crippen LogP contribution in [0.4, 0.5) is 0 Å². The lowest BCUT2D eigenvalue weighted by atomic mass is 10.2. The summed E-state index contributed by atoms with van der Waals surface area (Å²) in [5.74, 6) is 0.219. The molecule has 124 valence electrons. The topological polar surface area (TPSA) is 67.8 Å². The SMILES string of the molecule is CCCn1c(SCC(=O)c2ccc[nH]2)nc2ccc(Br)cc2c1=O. The van der Waals surface area contributed by atoms with Gasteiger partial charge in [0.05, 0.1) is 22.3 Å². The molecule has 0 unspecified atom stereocenters. The van der Waals surface area contributed by atoms with E-state index in [0.29, 0.717) is 28.3 Å². The summed E-state index contributed by atoms with van der Waals surface area (Å²) in [4.78, 5) is 32.4. The van der Waals surface area contributed by atoms with E-state index in [2.05, 4.69) is 25.9 Å². The van der Waals surface area contributed by atoms with E-state index in [9.17, 15) is 9.59 Å². The number of Topliss-reactive ketones (excluding diaryl/α,β-unsaturated/α-hetero) is 1. The summed E-state index contributed by atoms with van der Waals surface area (Å²) in [5, 5.41) is 1.16. The number of H-pyrrole nitrogens is 1. The van der Waals surface area contributed by atoms with Gasteiger partial charge in [-0.2, -0.15) is 0 Å². The van der Waals surface area contributed by atoms with Gasteiger partial charge in [-0.25, -0.2) is 4.98 Å². The highest BCUT2D eigenvalue weighted by Crippen LogP contribution is 2.21. The molecule has 1 N–H and O–H groups in total. The number of benzene rings is 1. The van der Waals surface area contributed by atoms with E-state index in [1.54, 1.807) is 29.0 Å². The van der Waals surface area contributed by atoms with Gasteiger partial charge in [0.15, 0.2) is 10.9 Å². The third kappa shape index (κ3) is 3.47. The Kier molecular flexibility index (Phi) is 5.20. The Hall–Kier alpha value is -1.86. The second kappa shape index (κ2) is 7.36. The Labute approximate surface area is 151 Å². The standard InChI is InChI=1S/C17H16BrN3O2S/c1-2-8-21-16(23)12-9-11(18)5-6-13(12)20-17(21)24-10-15(22)14-4-3-7-19-14/h3-7,9,19H,2,8,10H2,1H3. The van der Waals surface area contributed by atoms with Crippen molar-refractivity contribution < 1.29 is 4.79 Å². The van der Waals surface area contributed by atoms with Gasteiger partial charge < -0.3 is 4.98 Å². The predicted octanol–water partition coefficient (Wildman–Crippen LogP) is 3.87. The average Bonchev–Trinajstić information content (AvgIpc) is 3.11. The van der Waals surface area contributed by atoms with Crippen LogP contribution in [0.1, 0.15) is 23.8 Å². The van der Waals surface area contributed by atoms with Crippen molar-refractivity contribution >= 4 is 44.4 Å². The summed E-state index contributed by atoms with van der Waals surface area (Å²) in [6, 6.07) is 8.99. The Bertz CT molecular complexity index is 935. The number of hydrogen-bond donors (Lipinski definition) is 1. The van der Waals surface area contributed by atoms with Crippen LogP contribution in [-0.2, 0) is 6.54 Å². The zero-order valence-corrected chi connectivity index (χ0v) is 15.5. The number of ketones is 1. The van der Waals surface area contributed by atoms with E-state index in [0.717, 1.165) is 10.9 Å². The molecule has 2 aromatic heterocycles. The van der Waals surface area contributed by atoms with Gasteiger partial charge in [-0.1, -0.05) is 34.6 Å². The van der Waals surface area contributed by atoms with Crippen molar-refractivity contribution in [3.05, 3.63) is 57.0 Å². The number of thioether (sulfide) groups is 1. The van der Waals surface area contributed by atoms with Crippen LogP contribution in [0.15, 0.2) is 51.0 Å². The van der Waals surface area contributed by atoms with E-state index in [1.165, 1.54) is 11.8 Å². The van der Waals surface area contributed by atoms with Crippen molar-refractivity contribution in [1.82, 2.24) is 14.5 Å². The van der Waals surface area contributed by atoms with Crippen LogP contribution in [0.5, 0.6) is 0 Å². The van der Waals surface area contributed by atoms with Crippen LogP contribution in [0, 0.1) is 0 Å². The second-order valence-electron chi connectivity index (χ2n) is 5.31. The molecule has 7 heteroatoms. The Morgan fingerprint density at radius 3 is 2.92 bits per heavy atom. The number of nitrogens with zero attached hydrogens (tertiary/aromatic N) is 2. The van der Waals surface area contributed by atoms with E-state index < -0.39 is 0 Å². The largest absolute Gasteiger partial charge is 0.359 e. The molecule has 3 rings (SSSR count). The predicted molar refractivity (Wildman–Crippen MR) is 99.8 cm³/mol. The maximum absolute atomic E-state index is 12.8. The fourth-order valence-corrected chi connectivity index (χ4v) is 3.69. The van der Waals surface area contributed by atoms with Gasteiger partial charge in [0, 0.05) is 17.2 Å². The minimum Gasteiger partial charge on any atom is -0.359 e. The molecule has 0 fully saturated rings. The van der Waals surface area contributed by atoms with E-state index in [4.69, 9.17) is 0 Å². The molecular weight excluding hydrogens is 390 g/mol. The monoisotopic (exact) mass is 405 g/mol. The second-order valence-corrected chi connectivity index (χ2v) is 7.17. The summed E-state index contributed by atoms with van der Waals surface area (Å²) >= 11 is 4.69. The average molecular weight is 406 g/mol. The summed E-state index contributed by atoms with van der Waals surface area (Å²) in [5.41, 5.74) is 1.14. The molecule has 0 atom stereocenters. The maximum atomic E-state index is 12.8. The fourth-order valence-electron chi connectivity index (χ4n) is 2.42. The minimum atomic E-state index is -0.0713. The first-order valence-electron chi connectivity index (χ1n) is 7.59. The first kappa shape index (κ1) is 17.0. The number of carbonyl (C=O) groups excluding carboxylic acids is 1. The zero-order valence-electron chi connectivity index (χ0n) is 13.1. The van der Waals surface area contributed by atoms with Crippen LogP contribution >= 0.6 is 27.7 Å². The molecule has 0 bridgehead atoms. The lowest BCUT2D eigenvalue weighted by Crippen LogP contribution is -2.23. The van der Waals surface area contributed by atoms with Gasteiger partial charge in [0.1, 0.15) is 0 Å². The van der Waals surface area contributed by atoms with Gasteiger partial charge in [-0.15, -0.1) is 0 Å². The fraction of sp³-hybridized carbons (Fsp3) is 0.235. The van der Waals surface area contributed by atoms with E-state index >= 15 is 0 Å². The molecule has 3 aromatic rings. The van der Waals surface area contributed by atoms with Crippen LogP contribution in [0.2, 0.25) is 0 Å². The summed E-state index contributed by atoms with van der Waals surface area (Å²) in [6.07, 6.45) is 2.54. The normalized spacial score (nSPS) is 11.1. The highest BCUT2D eigenvalue weighted by Gasteiger charge is 2.14. The molecule has 0 aliphatic rings. The molecule has 0 radical (unpaired) electrons. The minimum absolute atomic E-state index is 0.0156. The van der Waals surface area contributed by atoms with Crippen LogP contribution in [0.25, 0.3) is 10.9 Å². The Morgan fingerprint density at radius 2 is 2.21 bits per heavy atom. The lowest BCUT2D eigenvalue weighted by Gasteiger charge is -2.12. The van der Waals surface area contributed by atoms with Gasteiger partial charge in [-0.3, -0.25) is 14.2 Å². The molecule has 0 spiro atoms. The first-order valence-corrected chi connectivity index (χ1v) is 9.37.